The van der Waals surface area contributed by atoms with Gasteiger partial charge in [0.15, 0.2) is 0 Å². The number of rotatable bonds is 5. The van der Waals surface area contributed by atoms with E-state index in [1.807, 2.05) is 0 Å². The summed E-state index contributed by atoms with van der Waals surface area (Å²) in [5.41, 5.74) is 0.904. The molecule has 1 aromatic rings. The normalized spacial score (nSPS) is 18.4. The first-order chi connectivity index (χ1) is 12.9. The average molecular weight is 391 g/mol. The minimum absolute atomic E-state index is 0.0571. The molecule has 0 unspecified atom stereocenters. The van der Waals surface area contributed by atoms with Crippen molar-refractivity contribution in [2.75, 3.05) is 5.32 Å². The van der Waals surface area contributed by atoms with Gasteiger partial charge in [-0.15, -0.1) is 0 Å². The Kier molecular flexibility index (Phi) is 5.85. The molecule has 1 saturated carbocycles. The number of imide groups is 1. The standard InChI is InChI=1S/C20H23ClN2O4/c1-12(2)27-20(26)13-7-6-8-14(11-13)22-17-16(21)18(24)23(19(17)25)15-9-4-3-5-10-15/h6-8,11-12,15,22H,3-5,9-10H2,1-2H3. The van der Waals surface area contributed by atoms with Gasteiger partial charge in [0.1, 0.15) is 10.7 Å². The third-order valence-corrected chi connectivity index (χ3v) is 5.06. The number of nitrogens with zero attached hydrogens (tertiary/aromatic N) is 1. The molecule has 2 amide bonds. The zero-order valence-corrected chi connectivity index (χ0v) is 16.2. The first-order valence-corrected chi connectivity index (χ1v) is 9.62. The van der Waals surface area contributed by atoms with Crippen LogP contribution >= 0.6 is 11.6 Å². The highest BCUT2D eigenvalue weighted by Crippen LogP contribution is 2.32. The van der Waals surface area contributed by atoms with Crippen molar-refractivity contribution in [3.63, 3.8) is 0 Å². The van der Waals surface area contributed by atoms with Gasteiger partial charge < -0.3 is 10.1 Å². The molecule has 1 aromatic carbocycles. The average Bonchev–Trinajstić information content (AvgIpc) is 2.85. The van der Waals surface area contributed by atoms with Crippen molar-refractivity contribution in [3.05, 3.63) is 40.6 Å². The van der Waals surface area contributed by atoms with Gasteiger partial charge in [0, 0.05) is 11.7 Å². The lowest BCUT2D eigenvalue weighted by Crippen LogP contribution is -2.42. The Morgan fingerprint density at radius 2 is 1.89 bits per heavy atom. The SMILES string of the molecule is CC(C)OC(=O)c1cccc(NC2=C(Cl)C(=O)N(C3CCCCC3)C2=O)c1. The predicted octanol–water partition coefficient (Wildman–Crippen LogP) is 3.82. The monoisotopic (exact) mass is 390 g/mol. The van der Waals surface area contributed by atoms with Crippen molar-refractivity contribution in [2.24, 2.45) is 0 Å². The summed E-state index contributed by atoms with van der Waals surface area (Å²) >= 11 is 6.17. The first-order valence-electron chi connectivity index (χ1n) is 9.24. The number of benzene rings is 1. The molecule has 2 aliphatic rings. The van der Waals surface area contributed by atoms with E-state index in [0.717, 1.165) is 32.1 Å². The fourth-order valence-electron chi connectivity index (χ4n) is 3.45. The van der Waals surface area contributed by atoms with Crippen LogP contribution < -0.4 is 5.32 Å². The number of amides is 2. The van der Waals surface area contributed by atoms with E-state index < -0.39 is 17.8 Å². The molecule has 1 fully saturated rings. The van der Waals surface area contributed by atoms with Crippen LogP contribution in [0.25, 0.3) is 0 Å². The Labute approximate surface area is 163 Å². The lowest BCUT2D eigenvalue weighted by molar-refractivity contribution is -0.140. The summed E-state index contributed by atoms with van der Waals surface area (Å²) in [7, 11) is 0. The number of carbonyl (C=O) groups excluding carboxylic acids is 3. The Bertz CT molecular complexity index is 797. The van der Waals surface area contributed by atoms with Gasteiger partial charge in [0.25, 0.3) is 11.8 Å². The van der Waals surface area contributed by atoms with Crippen LogP contribution in [0.3, 0.4) is 0 Å². The van der Waals surface area contributed by atoms with Crippen molar-refractivity contribution < 1.29 is 19.1 Å². The molecule has 0 bridgehead atoms. The number of carbonyl (C=O) groups is 3. The van der Waals surface area contributed by atoms with Crippen LogP contribution in [0.1, 0.15) is 56.3 Å². The maximum absolute atomic E-state index is 12.8. The van der Waals surface area contributed by atoms with Gasteiger partial charge in [-0.25, -0.2) is 4.79 Å². The molecule has 1 aliphatic heterocycles. The maximum Gasteiger partial charge on any atom is 0.338 e. The largest absolute Gasteiger partial charge is 0.459 e. The molecule has 0 radical (unpaired) electrons. The van der Waals surface area contributed by atoms with E-state index in [1.165, 1.54) is 4.90 Å². The van der Waals surface area contributed by atoms with E-state index in [1.54, 1.807) is 38.1 Å². The molecular weight excluding hydrogens is 368 g/mol. The Morgan fingerprint density at radius 3 is 2.56 bits per heavy atom. The highest BCUT2D eigenvalue weighted by molar-refractivity contribution is 6.48. The summed E-state index contributed by atoms with van der Waals surface area (Å²) in [6, 6.07) is 6.47. The number of anilines is 1. The van der Waals surface area contributed by atoms with Gasteiger partial charge in [0.05, 0.1) is 11.7 Å². The third-order valence-electron chi connectivity index (χ3n) is 4.71. The molecule has 1 aliphatic carbocycles. The Morgan fingerprint density at radius 1 is 1.19 bits per heavy atom. The molecule has 0 spiro atoms. The number of hydrogen-bond acceptors (Lipinski definition) is 5. The summed E-state index contributed by atoms with van der Waals surface area (Å²) in [4.78, 5) is 38.7. The lowest BCUT2D eigenvalue weighted by Gasteiger charge is -2.29. The molecule has 0 saturated heterocycles. The second kappa shape index (κ2) is 8.13. The van der Waals surface area contributed by atoms with Crippen molar-refractivity contribution in [1.82, 2.24) is 4.90 Å². The lowest BCUT2D eigenvalue weighted by atomic mass is 9.94. The molecule has 1 heterocycles. The van der Waals surface area contributed by atoms with Crippen molar-refractivity contribution in [2.45, 2.75) is 58.1 Å². The fourth-order valence-corrected chi connectivity index (χ4v) is 3.67. The quantitative estimate of drug-likeness (QED) is 0.611. The van der Waals surface area contributed by atoms with Crippen molar-refractivity contribution >= 4 is 35.1 Å². The van der Waals surface area contributed by atoms with E-state index >= 15 is 0 Å². The molecular formula is C20H23ClN2O4. The van der Waals surface area contributed by atoms with E-state index in [0.29, 0.717) is 11.3 Å². The minimum Gasteiger partial charge on any atom is -0.459 e. The van der Waals surface area contributed by atoms with Crippen molar-refractivity contribution in [3.8, 4) is 0 Å². The van der Waals surface area contributed by atoms with Gasteiger partial charge in [0.2, 0.25) is 0 Å². The van der Waals surface area contributed by atoms with Gasteiger partial charge >= 0.3 is 5.97 Å². The minimum atomic E-state index is -0.452. The van der Waals surface area contributed by atoms with E-state index in [4.69, 9.17) is 16.3 Å². The van der Waals surface area contributed by atoms with Crippen molar-refractivity contribution in [1.29, 1.82) is 0 Å². The topological polar surface area (TPSA) is 75.7 Å². The first kappa shape index (κ1) is 19.4. The second-order valence-electron chi connectivity index (χ2n) is 7.12. The highest BCUT2D eigenvalue weighted by Gasteiger charge is 2.42. The van der Waals surface area contributed by atoms with Crippen LogP contribution in [0.2, 0.25) is 0 Å². The zero-order chi connectivity index (χ0) is 19.6. The van der Waals surface area contributed by atoms with Crippen LogP contribution in [0.4, 0.5) is 5.69 Å². The van der Waals surface area contributed by atoms with Crippen LogP contribution in [-0.4, -0.2) is 34.8 Å². The van der Waals surface area contributed by atoms with Gasteiger partial charge in [-0.2, -0.15) is 0 Å². The molecule has 3 rings (SSSR count). The molecule has 0 aromatic heterocycles. The zero-order valence-electron chi connectivity index (χ0n) is 15.5. The van der Waals surface area contributed by atoms with E-state index in [-0.39, 0.29) is 22.9 Å². The summed E-state index contributed by atoms with van der Waals surface area (Å²) in [5, 5.41) is 2.81. The summed E-state index contributed by atoms with van der Waals surface area (Å²) < 4.78 is 5.18. The van der Waals surface area contributed by atoms with E-state index in [9.17, 15) is 14.4 Å². The molecule has 144 valence electrons. The summed E-state index contributed by atoms with van der Waals surface area (Å²) in [5.74, 6) is -1.31. The highest BCUT2D eigenvalue weighted by atomic mass is 35.5. The maximum atomic E-state index is 12.8. The molecule has 27 heavy (non-hydrogen) atoms. The van der Waals surface area contributed by atoms with Gasteiger partial charge in [-0.1, -0.05) is 36.9 Å². The molecule has 1 N–H and O–H groups in total. The van der Waals surface area contributed by atoms with Crippen LogP contribution in [-0.2, 0) is 14.3 Å². The number of nitrogens with one attached hydrogen (secondary N) is 1. The molecule has 6 nitrogen and oxygen atoms in total. The number of ether oxygens (including phenoxy) is 1. The summed E-state index contributed by atoms with van der Waals surface area (Å²) in [6.45, 7) is 3.54. The fraction of sp³-hybridized carbons (Fsp3) is 0.450. The number of esters is 1. The molecule has 7 heteroatoms. The smallest absolute Gasteiger partial charge is 0.338 e. The van der Waals surface area contributed by atoms with Gasteiger partial charge in [-0.3, -0.25) is 14.5 Å². The Balaban J connectivity index is 1.78. The van der Waals surface area contributed by atoms with Crippen LogP contribution in [0, 0.1) is 0 Å². The predicted molar refractivity (Wildman–Crippen MR) is 102 cm³/mol. The Hall–Kier alpha value is -2.34. The number of hydrogen-bond donors (Lipinski definition) is 1. The van der Waals surface area contributed by atoms with E-state index in [2.05, 4.69) is 5.32 Å². The number of halogens is 1. The molecule has 0 atom stereocenters. The second-order valence-corrected chi connectivity index (χ2v) is 7.50. The van der Waals surface area contributed by atoms with Crippen LogP contribution in [0.5, 0.6) is 0 Å². The van der Waals surface area contributed by atoms with Gasteiger partial charge in [-0.05, 0) is 44.9 Å². The third kappa shape index (κ3) is 4.16. The summed E-state index contributed by atoms with van der Waals surface area (Å²) in [6.07, 6.45) is 4.52. The van der Waals surface area contributed by atoms with Crippen LogP contribution in [0.15, 0.2) is 35.0 Å².